The van der Waals surface area contributed by atoms with E-state index in [0.717, 1.165) is 23.3 Å². The lowest BCUT2D eigenvalue weighted by Gasteiger charge is -2.16. The largest absolute Gasteiger partial charge is 0.487 e. The number of ketones is 1. The molecule has 1 heterocycles. The summed E-state index contributed by atoms with van der Waals surface area (Å²) < 4.78 is 5.85. The molecule has 0 atom stereocenters. The van der Waals surface area contributed by atoms with Crippen LogP contribution in [0.4, 0.5) is 0 Å². The Morgan fingerprint density at radius 2 is 1.95 bits per heavy atom. The minimum atomic E-state index is -0.198. The normalized spacial score (nSPS) is 15.4. The zero-order valence-corrected chi connectivity index (χ0v) is 13.1. The van der Waals surface area contributed by atoms with E-state index in [1.807, 2.05) is 31.2 Å². The van der Waals surface area contributed by atoms with Crippen molar-refractivity contribution in [3.8, 4) is 5.75 Å². The van der Waals surface area contributed by atoms with Crippen LogP contribution in [-0.4, -0.2) is 11.4 Å². The Morgan fingerprint density at radius 3 is 2.71 bits per heavy atom. The number of fused-ring (bicyclic) bond motifs is 1. The van der Waals surface area contributed by atoms with Crippen LogP contribution in [0.3, 0.4) is 0 Å². The quantitative estimate of drug-likeness (QED) is 0.758. The zero-order chi connectivity index (χ0) is 15.2. The molecule has 0 bridgehead atoms. The van der Waals surface area contributed by atoms with E-state index < -0.39 is 0 Å². The first-order valence-electron chi connectivity index (χ1n) is 6.98. The summed E-state index contributed by atoms with van der Waals surface area (Å²) in [6.07, 6.45) is 0.817. The summed E-state index contributed by atoms with van der Waals surface area (Å²) in [5.41, 5.74) is 3.16. The summed E-state index contributed by atoms with van der Waals surface area (Å²) in [7, 11) is 0. The third-order valence-electron chi connectivity index (χ3n) is 3.77. The van der Waals surface area contributed by atoms with Gasteiger partial charge >= 0.3 is 0 Å². The maximum atomic E-state index is 12.7. The second-order valence-corrected chi connectivity index (χ2v) is 6.59. The van der Waals surface area contributed by atoms with Crippen molar-refractivity contribution < 1.29 is 9.53 Å². The summed E-state index contributed by atoms with van der Waals surface area (Å²) in [6, 6.07) is 11.0. The van der Waals surface area contributed by atoms with Crippen molar-refractivity contribution in [3.63, 3.8) is 0 Å². The van der Waals surface area contributed by atoms with Gasteiger partial charge in [-0.2, -0.15) is 0 Å². The molecule has 0 aliphatic carbocycles. The van der Waals surface area contributed by atoms with Gasteiger partial charge in [-0.05, 0) is 62.2 Å². The fourth-order valence-corrected chi connectivity index (χ4v) is 2.92. The number of hydrogen-bond acceptors (Lipinski definition) is 2. The van der Waals surface area contributed by atoms with Gasteiger partial charge in [-0.15, -0.1) is 0 Å². The predicted octanol–water partition coefficient (Wildman–Crippen LogP) is 4.59. The molecule has 0 fully saturated rings. The van der Waals surface area contributed by atoms with E-state index in [1.165, 1.54) is 0 Å². The van der Waals surface area contributed by atoms with Crippen LogP contribution in [0, 0.1) is 6.92 Å². The van der Waals surface area contributed by atoms with Crippen LogP contribution in [0.15, 0.2) is 36.4 Å². The molecule has 108 valence electrons. The number of aryl methyl sites for hydroxylation is 1. The zero-order valence-electron chi connectivity index (χ0n) is 12.4. The van der Waals surface area contributed by atoms with Gasteiger partial charge in [-0.3, -0.25) is 4.79 Å². The van der Waals surface area contributed by atoms with Crippen molar-refractivity contribution in [1.82, 2.24) is 0 Å². The first-order valence-corrected chi connectivity index (χ1v) is 7.36. The molecule has 0 N–H and O–H groups in total. The van der Waals surface area contributed by atoms with Gasteiger partial charge in [0, 0.05) is 22.6 Å². The number of halogens is 1. The lowest BCUT2D eigenvalue weighted by molar-refractivity contribution is 0.103. The lowest BCUT2D eigenvalue weighted by atomic mass is 9.95. The summed E-state index contributed by atoms with van der Waals surface area (Å²) in [5, 5.41) is 0.578. The Morgan fingerprint density at radius 1 is 1.19 bits per heavy atom. The van der Waals surface area contributed by atoms with Gasteiger partial charge in [-0.25, -0.2) is 0 Å². The molecule has 2 aromatic rings. The van der Waals surface area contributed by atoms with Crippen LogP contribution >= 0.6 is 11.6 Å². The Balaban J connectivity index is 1.99. The molecule has 3 rings (SSSR count). The van der Waals surface area contributed by atoms with Gasteiger partial charge in [0.2, 0.25) is 0 Å². The fraction of sp³-hybridized carbons (Fsp3) is 0.278. The number of benzene rings is 2. The van der Waals surface area contributed by atoms with Crippen LogP contribution in [-0.2, 0) is 6.42 Å². The van der Waals surface area contributed by atoms with Gasteiger partial charge in [0.15, 0.2) is 5.78 Å². The van der Waals surface area contributed by atoms with E-state index in [9.17, 15) is 4.79 Å². The van der Waals surface area contributed by atoms with E-state index in [2.05, 4.69) is 13.8 Å². The molecule has 0 saturated carbocycles. The number of ether oxygens (including phenoxy) is 1. The van der Waals surface area contributed by atoms with Crippen LogP contribution < -0.4 is 4.74 Å². The molecule has 0 radical (unpaired) electrons. The second-order valence-electron chi connectivity index (χ2n) is 6.15. The van der Waals surface area contributed by atoms with Crippen molar-refractivity contribution in [1.29, 1.82) is 0 Å². The minimum Gasteiger partial charge on any atom is -0.487 e. The number of rotatable bonds is 2. The molecule has 0 amide bonds. The van der Waals surface area contributed by atoms with Gasteiger partial charge in [0.05, 0.1) is 0 Å². The van der Waals surface area contributed by atoms with E-state index in [0.29, 0.717) is 16.1 Å². The molecule has 0 unspecified atom stereocenters. The highest BCUT2D eigenvalue weighted by molar-refractivity contribution is 6.31. The highest BCUT2D eigenvalue weighted by Gasteiger charge is 2.30. The average molecular weight is 301 g/mol. The monoisotopic (exact) mass is 300 g/mol. The third-order valence-corrected chi connectivity index (χ3v) is 4.00. The Bertz CT molecular complexity index is 732. The van der Waals surface area contributed by atoms with E-state index >= 15 is 0 Å². The van der Waals surface area contributed by atoms with Gasteiger partial charge < -0.3 is 4.74 Å². The Hall–Kier alpha value is -1.80. The Kier molecular flexibility index (Phi) is 3.29. The van der Waals surface area contributed by atoms with Crippen LogP contribution in [0.1, 0.15) is 40.9 Å². The molecular weight excluding hydrogens is 284 g/mol. The second kappa shape index (κ2) is 4.88. The molecule has 2 aromatic carbocycles. The summed E-state index contributed by atoms with van der Waals surface area (Å²) >= 11 is 6.01. The van der Waals surface area contributed by atoms with Crippen molar-refractivity contribution in [2.45, 2.75) is 32.8 Å². The third kappa shape index (κ3) is 2.68. The molecule has 2 nitrogen and oxygen atoms in total. The molecule has 3 heteroatoms. The van der Waals surface area contributed by atoms with Crippen LogP contribution in [0.5, 0.6) is 5.75 Å². The first kappa shape index (κ1) is 14.2. The van der Waals surface area contributed by atoms with E-state index in [-0.39, 0.29) is 11.4 Å². The van der Waals surface area contributed by atoms with Crippen molar-refractivity contribution in [2.75, 3.05) is 0 Å². The standard InChI is InChI=1S/C18H17ClO2/c1-11-4-6-14(19)9-15(11)17(20)12-5-7-16-13(8-12)10-18(2,3)21-16/h4-9H,10H2,1-3H3. The summed E-state index contributed by atoms with van der Waals surface area (Å²) in [6.45, 7) is 6.02. The molecular formula is C18H17ClO2. The predicted molar refractivity (Wildman–Crippen MR) is 84.5 cm³/mol. The van der Waals surface area contributed by atoms with Gasteiger partial charge in [-0.1, -0.05) is 17.7 Å². The molecule has 0 saturated heterocycles. The van der Waals surface area contributed by atoms with Gasteiger partial charge in [0.1, 0.15) is 11.4 Å². The first-order chi connectivity index (χ1) is 9.85. The maximum absolute atomic E-state index is 12.7. The Labute approximate surface area is 129 Å². The lowest BCUT2D eigenvalue weighted by Crippen LogP contribution is -2.24. The fourth-order valence-electron chi connectivity index (χ4n) is 2.75. The summed E-state index contributed by atoms with van der Waals surface area (Å²) in [4.78, 5) is 12.7. The maximum Gasteiger partial charge on any atom is 0.193 e. The number of hydrogen-bond donors (Lipinski definition) is 0. The SMILES string of the molecule is Cc1ccc(Cl)cc1C(=O)c1ccc2c(c1)CC(C)(C)O2. The van der Waals surface area contributed by atoms with Crippen LogP contribution in [0.25, 0.3) is 0 Å². The van der Waals surface area contributed by atoms with Gasteiger partial charge in [0.25, 0.3) is 0 Å². The molecule has 1 aliphatic heterocycles. The van der Waals surface area contributed by atoms with Crippen LogP contribution in [0.2, 0.25) is 5.02 Å². The molecule has 1 aliphatic rings. The van der Waals surface area contributed by atoms with Crippen molar-refractivity contribution in [3.05, 3.63) is 63.7 Å². The average Bonchev–Trinajstić information content (AvgIpc) is 2.73. The number of carbonyl (C=O) groups is 1. The topological polar surface area (TPSA) is 26.3 Å². The number of carbonyl (C=O) groups excluding carboxylic acids is 1. The highest BCUT2D eigenvalue weighted by atomic mass is 35.5. The van der Waals surface area contributed by atoms with Crippen molar-refractivity contribution >= 4 is 17.4 Å². The van der Waals surface area contributed by atoms with E-state index in [4.69, 9.17) is 16.3 Å². The van der Waals surface area contributed by atoms with Crippen molar-refractivity contribution in [2.24, 2.45) is 0 Å². The molecule has 21 heavy (non-hydrogen) atoms. The smallest absolute Gasteiger partial charge is 0.193 e. The van der Waals surface area contributed by atoms with E-state index in [1.54, 1.807) is 12.1 Å². The molecule has 0 spiro atoms. The molecule has 0 aromatic heterocycles. The minimum absolute atomic E-state index is 0.00232. The summed E-state index contributed by atoms with van der Waals surface area (Å²) in [5.74, 6) is 0.877. The highest BCUT2D eigenvalue weighted by Crippen LogP contribution is 2.35.